The Bertz CT molecular complexity index is 739. The molecule has 3 amide bonds. The van der Waals surface area contributed by atoms with Gasteiger partial charge in [0, 0.05) is 6.42 Å². The number of hydrogen-bond donors (Lipinski definition) is 7. The molecule has 0 aromatic heterocycles. The third-order valence-corrected chi connectivity index (χ3v) is 4.58. The van der Waals surface area contributed by atoms with Gasteiger partial charge in [-0.3, -0.25) is 24.0 Å². The highest BCUT2D eigenvalue weighted by molar-refractivity contribution is 5.94. The Hall–Kier alpha value is -3.22. The largest absolute Gasteiger partial charge is 0.481 e. The van der Waals surface area contributed by atoms with Crippen molar-refractivity contribution in [1.82, 2.24) is 16.0 Å². The predicted octanol–water partition coefficient (Wildman–Crippen LogP) is -1.11. The zero-order valence-corrected chi connectivity index (χ0v) is 19.2. The van der Waals surface area contributed by atoms with Gasteiger partial charge in [-0.2, -0.15) is 0 Å². The number of carbonyl (C=O) groups excluding carboxylic acids is 3. The molecule has 13 heteroatoms. The molecule has 0 aliphatic carbocycles. The van der Waals surface area contributed by atoms with Gasteiger partial charge in [0.15, 0.2) is 0 Å². The van der Waals surface area contributed by atoms with E-state index < -0.39 is 78.6 Å². The molecule has 0 heterocycles. The highest BCUT2D eigenvalue weighted by Gasteiger charge is 2.32. The Morgan fingerprint density at radius 2 is 1.30 bits per heavy atom. The van der Waals surface area contributed by atoms with E-state index in [2.05, 4.69) is 16.0 Å². The minimum Gasteiger partial charge on any atom is -0.481 e. The van der Waals surface area contributed by atoms with Crippen LogP contribution in [-0.2, 0) is 28.8 Å². The molecule has 0 saturated carbocycles. The van der Waals surface area contributed by atoms with E-state index >= 15 is 0 Å². The van der Waals surface area contributed by atoms with E-state index in [1.54, 1.807) is 27.7 Å². The minimum atomic E-state index is -1.47. The van der Waals surface area contributed by atoms with E-state index in [1.807, 2.05) is 0 Å². The van der Waals surface area contributed by atoms with Gasteiger partial charge in [0.1, 0.15) is 18.1 Å². The van der Waals surface area contributed by atoms with Crippen molar-refractivity contribution in [2.24, 2.45) is 17.6 Å². The SMILES string of the molecule is CC(C)CC(NC(=O)C(N)CC(=O)O)C(=O)NC(C(=O)NC(CCC(=O)O)C(=O)O)C(C)C. The predicted molar refractivity (Wildman–Crippen MR) is 115 cm³/mol. The lowest BCUT2D eigenvalue weighted by Gasteiger charge is -2.27. The van der Waals surface area contributed by atoms with Crippen LogP contribution in [0.25, 0.3) is 0 Å². The molecule has 0 spiro atoms. The van der Waals surface area contributed by atoms with Crippen LogP contribution in [0, 0.1) is 11.8 Å². The van der Waals surface area contributed by atoms with Gasteiger partial charge in [-0.05, 0) is 24.7 Å². The second kappa shape index (κ2) is 14.0. The van der Waals surface area contributed by atoms with Crippen LogP contribution in [-0.4, -0.2) is 75.1 Å². The Kier molecular flexibility index (Phi) is 12.7. The molecule has 8 N–H and O–H groups in total. The van der Waals surface area contributed by atoms with Gasteiger partial charge < -0.3 is 37.0 Å². The summed E-state index contributed by atoms with van der Waals surface area (Å²) in [6.07, 6.45) is -1.29. The first-order valence-corrected chi connectivity index (χ1v) is 10.5. The number of hydrogen-bond acceptors (Lipinski definition) is 7. The van der Waals surface area contributed by atoms with E-state index in [9.17, 15) is 33.9 Å². The smallest absolute Gasteiger partial charge is 0.326 e. The van der Waals surface area contributed by atoms with Gasteiger partial charge in [-0.15, -0.1) is 0 Å². The molecule has 0 saturated heterocycles. The quantitative estimate of drug-likeness (QED) is 0.151. The number of carbonyl (C=O) groups is 6. The zero-order valence-electron chi connectivity index (χ0n) is 19.2. The molecule has 0 bridgehead atoms. The summed E-state index contributed by atoms with van der Waals surface area (Å²) in [6, 6.07) is -5.14. The zero-order chi connectivity index (χ0) is 25.9. The fraction of sp³-hybridized carbons (Fsp3) is 0.700. The summed E-state index contributed by atoms with van der Waals surface area (Å²) in [6.45, 7) is 6.79. The second-order valence-electron chi connectivity index (χ2n) is 8.46. The van der Waals surface area contributed by atoms with Crippen molar-refractivity contribution in [3.63, 3.8) is 0 Å². The van der Waals surface area contributed by atoms with Crippen LogP contribution in [0.5, 0.6) is 0 Å². The Labute approximate surface area is 191 Å². The fourth-order valence-electron chi connectivity index (χ4n) is 2.84. The van der Waals surface area contributed by atoms with E-state index in [0.717, 1.165) is 0 Å². The van der Waals surface area contributed by atoms with Crippen molar-refractivity contribution >= 4 is 35.6 Å². The Balaban J connectivity index is 5.43. The van der Waals surface area contributed by atoms with Crippen molar-refractivity contribution < 1.29 is 44.1 Å². The summed E-state index contributed by atoms with van der Waals surface area (Å²) < 4.78 is 0. The number of rotatable bonds is 15. The number of nitrogens with two attached hydrogens (primary N) is 1. The number of carboxylic acid groups (broad SMARTS) is 3. The topological polar surface area (TPSA) is 225 Å². The van der Waals surface area contributed by atoms with Gasteiger partial charge in [-0.25, -0.2) is 4.79 Å². The van der Waals surface area contributed by atoms with Crippen LogP contribution >= 0.6 is 0 Å². The third kappa shape index (κ3) is 11.8. The lowest BCUT2D eigenvalue weighted by molar-refractivity contribution is -0.143. The monoisotopic (exact) mass is 474 g/mol. The molecule has 0 radical (unpaired) electrons. The molecule has 4 unspecified atom stereocenters. The van der Waals surface area contributed by atoms with Crippen LogP contribution in [0.4, 0.5) is 0 Å². The van der Waals surface area contributed by atoms with Crippen LogP contribution in [0.2, 0.25) is 0 Å². The van der Waals surface area contributed by atoms with Gasteiger partial charge in [0.25, 0.3) is 0 Å². The van der Waals surface area contributed by atoms with Gasteiger partial charge >= 0.3 is 17.9 Å². The van der Waals surface area contributed by atoms with Gasteiger partial charge in [-0.1, -0.05) is 27.7 Å². The third-order valence-electron chi connectivity index (χ3n) is 4.58. The molecular formula is C20H34N4O9. The summed E-state index contributed by atoms with van der Waals surface area (Å²) in [5, 5.41) is 33.9. The molecule has 0 aromatic rings. The molecule has 33 heavy (non-hydrogen) atoms. The lowest BCUT2D eigenvalue weighted by atomic mass is 9.99. The van der Waals surface area contributed by atoms with E-state index in [0.29, 0.717) is 0 Å². The van der Waals surface area contributed by atoms with Crippen LogP contribution in [0.3, 0.4) is 0 Å². The molecule has 0 rings (SSSR count). The average molecular weight is 475 g/mol. The average Bonchev–Trinajstić information content (AvgIpc) is 2.66. The van der Waals surface area contributed by atoms with E-state index in [4.69, 9.17) is 15.9 Å². The number of carboxylic acids is 3. The van der Waals surface area contributed by atoms with Crippen molar-refractivity contribution in [2.75, 3.05) is 0 Å². The summed E-state index contributed by atoms with van der Waals surface area (Å²) >= 11 is 0. The first-order chi connectivity index (χ1) is 15.1. The maximum atomic E-state index is 12.9. The Morgan fingerprint density at radius 1 is 0.758 bits per heavy atom. The molecule has 0 aliphatic heterocycles. The summed E-state index contributed by atoms with van der Waals surface area (Å²) in [5.74, 6) is -6.87. The van der Waals surface area contributed by atoms with Crippen LogP contribution < -0.4 is 21.7 Å². The molecule has 4 atom stereocenters. The van der Waals surface area contributed by atoms with Crippen molar-refractivity contribution in [2.45, 2.75) is 77.5 Å². The summed E-state index contributed by atoms with van der Waals surface area (Å²) in [4.78, 5) is 70.6. The molecule has 13 nitrogen and oxygen atoms in total. The minimum absolute atomic E-state index is 0.0597. The second-order valence-corrected chi connectivity index (χ2v) is 8.46. The first-order valence-electron chi connectivity index (χ1n) is 10.5. The number of aliphatic carboxylic acids is 3. The van der Waals surface area contributed by atoms with Crippen LogP contribution in [0.1, 0.15) is 53.4 Å². The summed E-state index contributed by atoms with van der Waals surface area (Å²) in [7, 11) is 0. The van der Waals surface area contributed by atoms with E-state index in [-0.39, 0.29) is 18.8 Å². The van der Waals surface area contributed by atoms with Crippen molar-refractivity contribution in [1.29, 1.82) is 0 Å². The number of nitrogens with one attached hydrogen (secondary N) is 3. The Morgan fingerprint density at radius 3 is 1.73 bits per heavy atom. The molecular weight excluding hydrogens is 440 g/mol. The molecule has 0 aromatic carbocycles. The normalized spacial score (nSPS) is 14.6. The van der Waals surface area contributed by atoms with Gasteiger partial charge in [0.05, 0.1) is 12.5 Å². The van der Waals surface area contributed by atoms with E-state index in [1.165, 1.54) is 0 Å². The van der Waals surface area contributed by atoms with Crippen molar-refractivity contribution in [3.05, 3.63) is 0 Å². The highest BCUT2D eigenvalue weighted by atomic mass is 16.4. The van der Waals surface area contributed by atoms with Crippen LogP contribution in [0.15, 0.2) is 0 Å². The maximum absolute atomic E-state index is 12.9. The summed E-state index contributed by atoms with van der Waals surface area (Å²) in [5.41, 5.74) is 5.54. The molecule has 188 valence electrons. The number of amides is 3. The van der Waals surface area contributed by atoms with Gasteiger partial charge in [0.2, 0.25) is 17.7 Å². The van der Waals surface area contributed by atoms with Crippen molar-refractivity contribution in [3.8, 4) is 0 Å². The fourth-order valence-corrected chi connectivity index (χ4v) is 2.84. The first kappa shape index (κ1) is 29.8. The molecule has 0 fully saturated rings. The standard InChI is InChI=1S/C20H34N4O9/c1-9(2)7-13(23-17(29)11(21)8-15(27)28)18(30)24-16(10(3)4)19(31)22-12(20(32)33)5-6-14(25)26/h9-13,16H,5-8,21H2,1-4H3,(H,22,31)(H,23,29)(H,24,30)(H,25,26)(H,27,28)(H,32,33). The highest BCUT2D eigenvalue weighted by Crippen LogP contribution is 2.09. The molecule has 0 aliphatic rings. The maximum Gasteiger partial charge on any atom is 0.326 e. The lowest BCUT2D eigenvalue weighted by Crippen LogP contribution is -2.58.